The topological polar surface area (TPSA) is 34.6 Å². The van der Waals surface area contributed by atoms with Crippen LogP contribution in [0.2, 0.25) is 5.02 Å². The largest absolute Gasteiger partial charge is 0.493 e. The molecule has 2 heterocycles. The molecule has 0 saturated carbocycles. The third kappa shape index (κ3) is 2.63. The van der Waals surface area contributed by atoms with Crippen LogP contribution in [0.5, 0.6) is 11.5 Å². The van der Waals surface area contributed by atoms with E-state index in [2.05, 4.69) is 22.0 Å². The Labute approximate surface area is 129 Å². The highest BCUT2D eigenvalue weighted by atomic mass is 35.5. The van der Waals surface area contributed by atoms with Gasteiger partial charge in [0.1, 0.15) is 0 Å². The number of rotatable bonds is 3. The lowest BCUT2D eigenvalue weighted by Gasteiger charge is -2.31. The van der Waals surface area contributed by atoms with Crippen LogP contribution in [0.3, 0.4) is 0 Å². The summed E-state index contributed by atoms with van der Waals surface area (Å²) in [4.78, 5) is 6.30. The predicted octanol–water partition coefficient (Wildman–Crippen LogP) is 3.31. The van der Waals surface area contributed by atoms with E-state index in [1.165, 1.54) is 11.1 Å². The molecular weight excluding hydrogens is 288 g/mol. The summed E-state index contributed by atoms with van der Waals surface area (Å²) in [5.41, 5.74) is 3.56. The van der Waals surface area contributed by atoms with E-state index in [9.17, 15) is 0 Å². The van der Waals surface area contributed by atoms with Crippen molar-refractivity contribution in [1.82, 2.24) is 4.98 Å². The van der Waals surface area contributed by atoms with Crippen molar-refractivity contribution >= 4 is 17.3 Å². The number of halogens is 1. The third-order valence-electron chi connectivity index (χ3n) is 3.81. The Morgan fingerprint density at radius 2 is 1.86 bits per heavy atom. The monoisotopic (exact) mass is 304 g/mol. The molecule has 0 N–H and O–H groups in total. The van der Waals surface area contributed by atoms with Crippen LogP contribution in [-0.2, 0) is 13.0 Å². The summed E-state index contributed by atoms with van der Waals surface area (Å²) in [6.45, 7) is 1.73. The Morgan fingerprint density at radius 1 is 1.14 bits per heavy atom. The number of anilines is 1. The highest BCUT2D eigenvalue weighted by Crippen LogP contribution is 2.35. The fourth-order valence-electron chi connectivity index (χ4n) is 2.71. The second-order valence-electron chi connectivity index (χ2n) is 4.97. The number of pyridine rings is 1. The average molecular weight is 305 g/mol. The normalized spacial score (nSPS) is 13.8. The minimum Gasteiger partial charge on any atom is -0.493 e. The molecule has 4 nitrogen and oxygen atoms in total. The van der Waals surface area contributed by atoms with Crippen LogP contribution < -0.4 is 14.4 Å². The summed E-state index contributed by atoms with van der Waals surface area (Å²) in [6.07, 6.45) is 4.40. The molecule has 0 spiro atoms. The van der Waals surface area contributed by atoms with Crippen LogP contribution in [0.1, 0.15) is 11.1 Å². The van der Waals surface area contributed by atoms with Gasteiger partial charge in [-0.25, -0.2) is 0 Å². The van der Waals surface area contributed by atoms with Gasteiger partial charge in [-0.1, -0.05) is 11.6 Å². The lowest BCUT2D eigenvalue weighted by Crippen LogP contribution is -2.30. The first-order valence-electron chi connectivity index (χ1n) is 6.81. The van der Waals surface area contributed by atoms with Crippen molar-refractivity contribution in [1.29, 1.82) is 0 Å². The van der Waals surface area contributed by atoms with Crippen LogP contribution in [0, 0.1) is 0 Å². The van der Waals surface area contributed by atoms with Crippen LogP contribution >= 0.6 is 11.6 Å². The van der Waals surface area contributed by atoms with Gasteiger partial charge < -0.3 is 14.4 Å². The summed E-state index contributed by atoms with van der Waals surface area (Å²) < 4.78 is 10.8. The molecule has 0 radical (unpaired) electrons. The lowest BCUT2D eigenvalue weighted by atomic mass is 9.98. The van der Waals surface area contributed by atoms with E-state index in [-0.39, 0.29) is 0 Å². The van der Waals surface area contributed by atoms with E-state index in [4.69, 9.17) is 21.1 Å². The highest BCUT2D eigenvalue weighted by molar-refractivity contribution is 6.33. The second-order valence-corrected chi connectivity index (χ2v) is 5.38. The summed E-state index contributed by atoms with van der Waals surface area (Å²) in [5, 5.41) is 0.682. The zero-order chi connectivity index (χ0) is 14.8. The molecule has 0 fully saturated rings. The molecule has 2 aromatic rings. The fraction of sp³-hybridized carbons (Fsp3) is 0.312. The van der Waals surface area contributed by atoms with Crippen molar-refractivity contribution < 1.29 is 9.47 Å². The molecule has 1 aromatic carbocycles. The zero-order valence-electron chi connectivity index (χ0n) is 12.1. The Morgan fingerprint density at radius 3 is 2.52 bits per heavy atom. The molecule has 1 aliphatic rings. The molecule has 1 aromatic heterocycles. The average Bonchev–Trinajstić information content (AvgIpc) is 2.53. The van der Waals surface area contributed by atoms with Gasteiger partial charge in [0.25, 0.3) is 0 Å². The van der Waals surface area contributed by atoms with Crippen LogP contribution in [0.4, 0.5) is 5.69 Å². The SMILES string of the molecule is COc1cc2c(cc1OC)CN(c1ccncc1Cl)CC2. The predicted molar refractivity (Wildman–Crippen MR) is 83.5 cm³/mol. The lowest BCUT2D eigenvalue weighted by molar-refractivity contribution is 0.353. The van der Waals surface area contributed by atoms with Crippen molar-refractivity contribution in [2.24, 2.45) is 0 Å². The maximum absolute atomic E-state index is 6.24. The maximum Gasteiger partial charge on any atom is 0.161 e. The Balaban J connectivity index is 1.93. The van der Waals surface area contributed by atoms with Gasteiger partial charge >= 0.3 is 0 Å². The first-order chi connectivity index (χ1) is 10.2. The highest BCUT2D eigenvalue weighted by Gasteiger charge is 2.20. The minimum atomic E-state index is 0.682. The van der Waals surface area contributed by atoms with Gasteiger partial charge in [-0.05, 0) is 35.7 Å². The molecule has 0 saturated heterocycles. The molecule has 110 valence electrons. The summed E-state index contributed by atoms with van der Waals surface area (Å²) in [7, 11) is 3.32. The first-order valence-corrected chi connectivity index (χ1v) is 7.19. The smallest absolute Gasteiger partial charge is 0.161 e. The van der Waals surface area contributed by atoms with E-state index in [1.807, 2.05) is 6.07 Å². The molecule has 5 heteroatoms. The van der Waals surface area contributed by atoms with Crippen molar-refractivity contribution in [3.05, 3.63) is 46.7 Å². The van der Waals surface area contributed by atoms with Crippen molar-refractivity contribution in [2.75, 3.05) is 25.7 Å². The van der Waals surface area contributed by atoms with E-state index in [1.54, 1.807) is 26.6 Å². The first kappa shape index (κ1) is 14.0. The maximum atomic E-state index is 6.24. The number of hydrogen-bond acceptors (Lipinski definition) is 4. The summed E-state index contributed by atoms with van der Waals surface area (Å²) >= 11 is 6.24. The zero-order valence-corrected chi connectivity index (χ0v) is 12.9. The standard InChI is InChI=1S/C16H17ClN2O2/c1-20-15-7-11-4-6-19(10-12(11)8-16(15)21-2)14-3-5-18-9-13(14)17/h3,5,7-9H,4,6,10H2,1-2H3. The van der Waals surface area contributed by atoms with Crippen LogP contribution in [0.15, 0.2) is 30.6 Å². The van der Waals surface area contributed by atoms with Gasteiger partial charge in [0, 0.05) is 25.5 Å². The molecule has 0 amide bonds. The molecule has 1 aliphatic heterocycles. The van der Waals surface area contributed by atoms with Gasteiger partial charge in [-0.15, -0.1) is 0 Å². The van der Waals surface area contributed by atoms with Crippen LogP contribution in [0.25, 0.3) is 0 Å². The Bertz CT molecular complexity index is 661. The number of benzene rings is 1. The number of methoxy groups -OCH3 is 2. The summed E-state index contributed by atoms with van der Waals surface area (Å²) in [6, 6.07) is 6.07. The third-order valence-corrected chi connectivity index (χ3v) is 4.10. The van der Waals surface area contributed by atoms with Gasteiger partial charge in [0.2, 0.25) is 0 Å². The van der Waals surface area contributed by atoms with Crippen molar-refractivity contribution in [3.8, 4) is 11.5 Å². The number of ether oxygens (including phenoxy) is 2. The number of hydrogen-bond donors (Lipinski definition) is 0. The van der Waals surface area contributed by atoms with Crippen molar-refractivity contribution in [2.45, 2.75) is 13.0 Å². The molecule has 21 heavy (non-hydrogen) atoms. The number of nitrogens with zero attached hydrogens (tertiary/aromatic N) is 2. The minimum absolute atomic E-state index is 0.682. The Kier molecular flexibility index (Phi) is 3.88. The van der Waals surface area contributed by atoms with Crippen LogP contribution in [-0.4, -0.2) is 25.7 Å². The van der Waals surface area contributed by atoms with Gasteiger partial charge in [0.05, 0.1) is 24.9 Å². The van der Waals surface area contributed by atoms with Gasteiger partial charge in [-0.2, -0.15) is 0 Å². The van der Waals surface area contributed by atoms with E-state index in [0.717, 1.165) is 36.7 Å². The van der Waals surface area contributed by atoms with E-state index >= 15 is 0 Å². The number of fused-ring (bicyclic) bond motifs is 1. The van der Waals surface area contributed by atoms with E-state index in [0.29, 0.717) is 5.02 Å². The molecule has 0 bridgehead atoms. The second kappa shape index (κ2) is 5.82. The molecule has 3 rings (SSSR count). The molecule has 0 atom stereocenters. The Hall–Kier alpha value is -1.94. The van der Waals surface area contributed by atoms with Crippen molar-refractivity contribution in [3.63, 3.8) is 0 Å². The number of aromatic nitrogens is 1. The van der Waals surface area contributed by atoms with Gasteiger partial charge in [-0.3, -0.25) is 4.98 Å². The van der Waals surface area contributed by atoms with E-state index < -0.39 is 0 Å². The molecular formula is C16H17ClN2O2. The molecule has 0 unspecified atom stereocenters. The quantitative estimate of drug-likeness (QED) is 0.871. The molecule has 0 aliphatic carbocycles. The van der Waals surface area contributed by atoms with Gasteiger partial charge in [0.15, 0.2) is 11.5 Å². The summed E-state index contributed by atoms with van der Waals surface area (Å²) in [5.74, 6) is 1.55. The fourth-order valence-corrected chi connectivity index (χ4v) is 2.95.